The Bertz CT molecular complexity index is 202. The van der Waals surface area contributed by atoms with Gasteiger partial charge in [0.05, 0.1) is 6.61 Å². The quantitative estimate of drug-likeness (QED) is 0.653. The summed E-state index contributed by atoms with van der Waals surface area (Å²) in [7, 11) is 0. The van der Waals surface area contributed by atoms with Crippen LogP contribution in [0.25, 0.3) is 0 Å². The molecular weight excluding hydrogens is 200 g/mol. The number of nitrogens with one attached hydrogen (secondary N) is 1. The lowest BCUT2D eigenvalue weighted by molar-refractivity contribution is 0.145. The molecule has 2 aliphatic carbocycles. The van der Waals surface area contributed by atoms with E-state index in [-0.39, 0.29) is 12.6 Å². The summed E-state index contributed by atoms with van der Waals surface area (Å²) in [6.07, 6.45) is 6.84. The molecule has 2 N–H and O–H groups in total. The zero-order chi connectivity index (χ0) is 11.4. The van der Waals surface area contributed by atoms with E-state index in [1.165, 1.54) is 38.6 Å². The third-order valence-corrected chi connectivity index (χ3v) is 3.94. The molecule has 2 aliphatic rings. The van der Waals surface area contributed by atoms with Gasteiger partial charge in [0, 0.05) is 25.2 Å². The van der Waals surface area contributed by atoms with Crippen LogP contribution in [0, 0.1) is 5.92 Å². The molecule has 0 aliphatic heterocycles. The first kappa shape index (κ1) is 12.3. The summed E-state index contributed by atoms with van der Waals surface area (Å²) in [4.78, 5) is 2.50. The van der Waals surface area contributed by atoms with Crippen LogP contribution in [0.4, 0.5) is 0 Å². The first-order valence-electron chi connectivity index (χ1n) is 6.91. The molecular formula is C13H26N2O. The van der Waals surface area contributed by atoms with Gasteiger partial charge in [0.15, 0.2) is 0 Å². The molecule has 0 bridgehead atoms. The first-order valence-corrected chi connectivity index (χ1v) is 6.91. The van der Waals surface area contributed by atoms with Gasteiger partial charge in [-0.3, -0.25) is 0 Å². The fourth-order valence-electron chi connectivity index (χ4n) is 2.43. The Labute approximate surface area is 99.2 Å². The Balaban J connectivity index is 1.69. The Hall–Kier alpha value is -0.120. The molecule has 0 aromatic rings. The second-order valence-corrected chi connectivity index (χ2v) is 5.47. The van der Waals surface area contributed by atoms with Crippen LogP contribution in [-0.4, -0.2) is 48.3 Å². The number of nitrogens with zero attached hydrogens (tertiary/aromatic N) is 1. The van der Waals surface area contributed by atoms with Crippen molar-refractivity contribution in [2.24, 2.45) is 5.92 Å². The summed E-state index contributed by atoms with van der Waals surface area (Å²) in [5, 5.41) is 12.9. The van der Waals surface area contributed by atoms with Crippen LogP contribution in [0.2, 0.25) is 0 Å². The number of aliphatic hydroxyl groups is 1. The van der Waals surface area contributed by atoms with E-state index in [9.17, 15) is 5.11 Å². The highest BCUT2D eigenvalue weighted by Crippen LogP contribution is 2.27. The number of hydrogen-bond acceptors (Lipinski definition) is 3. The van der Waals surface area contributed by atoms with Crippen LogP contribution >= 0.6 is 0 Å². The Morgan fingerprint density at radius 3 is 2.50 bits per heavy atom. The van der Waals surface area contributed by atoms with Crippen molar-refractivity contribution in [1.82, 2.24) is 10.2 Å². The van der Waals surface area contributed by atoms with E-state index in [2.05, 4.69) is 17.1 Å². The molecule has 3 heteroatoms. The van der Waals surface area contributed by atoms with Gasteiger partial charge in [0.25, 0.3) is 0 Å². The molecule has 0 saturated heterocycles. The third-order valence-electron chi connectivity index (χ3n) is 3.94. The Kier molecular flexibility index (Phi) is 4.62. The number of aliphatic hydroxyl groups excluding tert-OH is 1. The van der Waals surface area contributed by atoms with Crippen molar-refractivity contribution in [2.75, 3.05) is 26.2 Å². The molecule has 2 rings (SSSR count). The molecule has 0 amide bonds. The third kappa shape index (κ3) is 3.72. The van der Waals surface area contributed by atoms with Gasteiger partial charge in [0.2, 0.25) is 0 Å². The van der Waals surface area contributed by atoms with Crippen LogP contribution in [0.1, 0.15) is 39.0 Å². The lowest BCUT2D eigenvalue weighted by Gasteiger charge is -2.33. The van der Waals surface area contributed by atoms with Crippen LogP contribution in [0.5, 0.6) is 0 Å². The summed E-state index contributed by atoms with van der Waals surface area (Å²) in [6, 6.07) is 0.979. The zero-order valence-electron chi connectivity index (χ0n) is 10.5. The molecule has 1 unspecified atom stereocenters. The fourth-order valence-corrected chi connectivity index (χ4v) is 2.43. The lowest BCUT2D eigenvalue weighted by atomic mass is 9.85. The minimum atomic E-state index is 0.275. The van der Waals surface area contributed by atoms with Gasteiger partial charge >= 0.3 is 0 Å². The largest absolute Gasteiger partial charge is 0.395 e. The molecule has 2 saturated carbocycles. The molecule has 0 spiro atoms. The molecule has 1 atom stereocenters. The van der Waals surface area contributed by atoms with Gasteiger partial charge in [0.1, 0.15) is 0 Å². The number of likely N-dealkylation sites (N-methyl/N-ethyl adjacent to an activating group) is 1. The SMILES string of the molecule is CCN(CC1CCC1)CC(CO)NC1CC1. The van der Waals surface area contributed by atoms with Crippen molar-refractivity contribution in [3.8, 4) is 0 Å². The van der Waals surface area contributed by atoms with Crippen LogP contribution in [0.3, 0.4) is 0 Å². The number of rotatable bonds is 8. The van der Waals surface area contributed by atoms with Crippen molar-refractivity contribution in [3.05, 3.63) is 0 Å². The van der Waals surface area contributed by atoms with E-state index in [4.69, 9.17) is 0 Å². The van der Waals surface area contributed by atoms with E-state index in [1.54, 1.807) is 0 Å². The predicted octanol–water partition coefficient (Wildman–Crippen LogP) is 1.22. The van der Waals surface area contributed by atoms with Gasteiger partial charge in [-0.2, -0.15) is 0 Å². The molecule has 0 heterocycles. The maximum atomic E-state index is 9.36. The van der Waals surface area contributed by atoms with E-state index in [1.807, 2.05) is 0 Å². The summed E-state index contributed by atoms with van der Waals surface area (Å²) >= 11 is 0. The van der Waals surface area contributed by atoms with Gasteiger partial charge < -0.3 is 15.3 Å². The second-order valence-electron chi connectivity index (χ2n) is 5.47. The van der Waals surface area contributed by atoms with E-state index in [0.717, 1.165) is 19.0 Å². The van der Waals surface area contributed by atoms with Gasteiger partial charge in [-0.15, -0.1) is 0 Å². The van der Waals surface area contributed by atoms with Crippen molar-refractivity contribution in [3.63, 3.8) is 0 Å². The normalized spacial score (nSPS) is 23.4. The predicted molar refractivity (Wildman–Crippen MR) is 66.5 cm³/mol. The zero-order valence-corrected chi connectivity index (χ0v) is 10.5. The summed E-state index contributed by atoms with van der Waals surface area (Å²) in [5.41, 5.74) is 0. The highest BCUT2D eigenvalue weighted by Gasteiger charge is 2.26. The molecule has 0 aromatic heterocycles. The summed E-state index contributed by atoms with van der Waals surface area (Å²) in [5.74, 6) is 0.931. The van der Waals surface area contributed by atoms with Gasteiger partial charge in [-0.05, 0) is 38.1 Å². The maximum absolute atomic E-state index is 9.36. The van der Waals surface area contributed by atoms with E-state index < -0.39 is 0 Å². The fraction of sp³-hybridized carbons (Fsp3) is 1.00. The molecule has 3 nitrogen and oxygen atoms in total. The molecule has 16 heavy (non-hydrogen) atoms. The average molecular weight is 226 g/mol. The molecule has 0 radical (unpaired) electrons. The number of hydrogen-bond donors (Lipinski definition) is 2. The molecule has 2 fully saturated rings. The standard InChI is InChI=1S/C13H26N2O/c1-2-15(8-11-4-3-5-11)9-13(10-16)14-12-6-7-12/h11-14,16H,2-10H2,1H3. The summed E-state index contributed by atoms with van der Waals surface area (Å²) < 4.78 is 0. The smallest absolute Gasteiger partial charge is 0.0597 e. The highest BCUT2D eigenvalue weighted by molar-refractivity contribution is 4.86. The van der Waals surface area contributed by atoms with Crippen molar-refractivity contribution < 1.29 is 5.11 Å². The molecule has 94 valence electrons. The van der Waals surface area contributed by atoms with Gasteiger partial charge in [-0.25, -0.2) is 0 Å². The lowest BCUT2D eigenvalue weighted by Crippen LogP contribution is -2.46. The second kappa shape index (κ2) is 5.99. The van der Waals surface area contributed by atoms with Crippen molar-refractivity contribution >= 4 is 0 Å². The Morgan fingerprint density at radius 1 is 1.31 bits per heavy atom. The highest BCUT2D eigenvalue weighted by atomic mass is 16.3. The minimum Gasteiger partial charge on any atom is -0.395 e. The van der Waals surface area contributed by atoms with E-state index >= 15 is 0 Å². The topological polar surface area (TPSA) is 35.5 Å². The van der Waals surface area contributed by atoms with Gasteiger partial charge in [-0.1, -0.05) is 13.3 Å². The van der Waals surface area contributed by atoms with Crippen molar-refractivity contribution in [1.29, 1.82) is 0 Å². The van der Waals surface area contributed by atoms with Crippen molar-refractivity contribution in [2.45, 2.75) is 51.1 Å². The maximum Gasteiger partial charge on any atom is 0.0597 e. The van der Waals surface area contributed by atoms with Crippen LogP contribution < -0.4 is 5.32 Å². The van der Waals surface area contributed by atoms with E-state index in [0.29, 0.717) is 6.04 Å². The summed E-state index contributed by atoms with van der Waals surface area (Å²) in [6.45, 7) is 5.86. The minimum absolute atomic E-state index is 0.275. The van der Waals surface area contributed by atoms with Crippen LogP contribution in [-0.2, 0) is 0 Å². The first-order chi connectivity index (χ1) is 7.81. The monoisotopic (exact) mass is 226 g/mol. The Morgan fingerprint density at radius 2 is 2.06 bits per heavy atom. The average Bonchev–Trinajstić information content (AvgIpc) is 3.03. The van der Waals surface area contributed by atoms with Crippen LogP contribution in [0.15, 0.2) is 0 Å². The molecule has 0 aromatic carbocycles.